The highest BCUT2D eigenvalue weighted by atomic mass is 35.5. The number of hydrogen-bond donors (Lipinski definition) is 2. The molecule has 0 aliphatic carbocycles. The average Bonchev–Trinajstić information content (AvgIpc) is 2.47. The van der Waals surface area contributed by atoms with E-state index in [0.717, 1.165) is 5.56 Å². The molecule has 0 atom stereocenters. The predicted molar refractivity (Wildman–Crippen MR) is 94.8 cm³/mol. The van der Waals surface area contributed by atoms with Gasteiger partial charge in [0.2, 0.25) is 0 Å². The summed E-state index contributed by atoms with van der Waals surface area (Å²) >= 11 is 12.2. The fraction of sp³-hybridized carbons (Fsp3) is 0.188. The number of fused-ring (bicyclic) bond motifs is 1. The lowest BCUT2D eigenvalue weighted by molar-refractivity contribution is 0.0421. The molecule has 9 heteroatoms. The van der Waals surface area contributed by atoms with Gasteiger partial charge in [0.05, 0.1) is 15.7 Å². The van der Waals surface area contributed by atoms with Crippen LogP contribution < -0.4 is 5.32 Å². The van der Waals surface area contributed by atoms with Gasteiger partial charge in [-0.25, -0.2) is 4.79 Å². The van der Waals surface area contributed by atoms with E-state index in [1.165, 1.54) is 12.1 Å². The van der Waals surface area contributed by atoms with Crippen molar-refractivity contribution in [3.8, 4) is 11.1 Å². The summed E-state index contributed by atoms with van der Waals surface area (Å²) in [7, 11) is -4.48. The molecule has 0 saturated carbocycles. The van der Waals surface area contributed by atoms with Crippen LogP contribution in [0.2, 0.25) is 10.0 Å². The molecule has 3 rings (SSSR count). The first kappa shape index (κ1) is 18.0. The molecule has 0 radical (unpaired) electrons. The Hall–Kier alpha value is -1.80. The van der Waals surface area contributed by atoms with Crippen LogP contribution in [-0.4, -0.2) is 19.1 Å². The molecule has 1 aliphatic rings. The van der Waals surface area contributed by atoms with Gasteiger partial charge >= 0.3 is 6.09 Å². The summed E-state index contributed by atoms with van der Waals surface area (Å²) in [4.78, 5) is 11.1. The van der Waals surface area contributed by atoms with Crippen molar-refractivity contribution >= 4 is 45.1 Å². The molecule has 0 fully saturated rings. The van der Waals surface area contributed by atoms with E-state index in [4.69, 9.17) is 27.9 Å². The summed E-state index contributed by atoms with van der Waals surface area (Å²) < 4.78 is 37.1. The van der Waals surface area contributed by atoms with Crippen LogP contribution in [0.3, 0.4) is 0 Å². The van der Waals surface area contributed by atoms with E-state index in [-0.39, 0.29) is 10.0 Å². The number of rotatable bonds is 2. The molecule has 2 aromatic rings. The summed E-state index contributed by atoms with van der Waals surface area (Å²) in [5, 5.41) is 2.35. The Morgan fingerprint density at radius 1 is 1.12 bits per heavy atom. The minimum absolute atomic E-state index is 0.00434. The number of hydrogen-bond acceptors (Lipinski definition) is 4. The Bertz CT molecular complexity index is 1000. The largest absolute Gasteiger partial charge is 0.438 e. The van der Waals surface area contributed by atoms with E-state index >= 15 is 0 Å². The molecule has 2 N–H and O–H groups in total. The summed E-state index contributed by atoms with van der Waals surface area (Å²) in [5.41, 5.74) is 1.63. The lowest BCUT2D eigenvalue weighted by Crippen LogP contribution is -2.34. The van der Waals surface area contributed by atoms with Crippen molar-refractivity contribution in [2.24, 2.45) is 0 Å². The Kier molecular flexibility index (Phi) is 4.23. The maximum atomic E-state index is 11.6. The molecule has 25 heavy (non-hydrogen) atoms. The molecule has 2 aromatic carbocycles. The van der Waals surface area contributed by atoms with Gasteiger partial charge in [-0.1, -0.05) is 35.3 Å². The second kappa shape index (κ2) is 5.88. The van der Waals surface area contributed by atoms with Gasteiger partial charge in [0.25, 0.3) is 10.1 Å². The standard InChI is InChI=1S/C16H13Cl2NO5S/c1-16(2)10-7-8(3-5-11(10)19-15(20)24-16)9-4-6-12(25(21,22)23)14(18)13(9)17/h3-7H,1-2H3,(H,19,20)(H,21,22,23). The Morgan fingerprint density at radius 3 is 2.44 bits per heavy atom. The molecule has 132 valence electrons. The first-order chi connectivity index (χ1) is 11.5. The van der Waals surface area contributed by atoms with Crippen LogP contribution in [0.1, 0.15) is 19.4 Å². The molecule has 6 nitrogen and oxygen atoms in total. The minimum atomic E-state index is -4.48. The van der Waals surface area contributed by atoms with Gasteiger partial charge in [0.15, 0.2) is 0 Å². The van der Waals surface area contributed by atoms with E-state index in [1.807, 2.05) is 0 Å². The van der Waals surface area contributed by atoms with Crippen molar-refractivity contribution in [2.45, 2.75) is 24.3 Å². The summed E-state index contributed by atoms with van der Waals surface area (Å²) in [6, 6.07) is 7.83. The van der Waals surface area contributed by atoms with E-state index in [1.54, 1.807) is 32.0 Å². The highest BCUT2D eigenvalue weighted by Crippen LogP contribution is 2.42. The molecule has 0 bridgehead atoms. The van der Waals surface area contributed by atoms with Gasteiger partial charge in [-0.3, -0.25) is 9.87 Å². The fourth-order valence-corrected chi connectivity index (χ4v) is 4.05. The first-order valence-electron chi connectivity index (χ1n) is 7.11. The summed E-state index contributed by atoms with van der Waals surface area (Å²) in [5.74, 6) is 0. The monoisotopic (exact) mass is 401 g/mol. The van der Waals surface area contributed by atoms with Crippen molar-refractivity contribution in [2.75, 3.05) is 5.32 Å². The van der Waals surface area contributed by atoms with Crippen LogP contribution in [0, 0.1) is 0 Å². The number of ether oxygens (including phenoxy) is 1. The molecule has 0 aromatic heterocycles. The zero-order valence-electron chi connectivity index (χ0n) is 13.1. The topological polar surface area (TPSA) is 92.7 Å². The average molecular weight is 402 g/mol. The third-order valence-electron chi connectivity index (χ3n) is 3.89. The van der Waals surface area contributed by atoms with E-state index in [2.05, 4.69) is 5.32 Å². The van der Waals surface area contributed by atoms with Gasteiger partial charge in [0.1, 0.15) is 10.5 Å². The van der Waals surface area contributed by atoms with Gasteiger partial charge in [0, 0.05) is 11.1 Å². The van der Waals surface area contributed by atoms with Crippen molar-refractivity contribution in [1.82, 2.24) is 0 Å². The maximum Gasteiger partial charge on any atom is 0.412 e. The van der Waals surface area contributed by atoms with Gasteiger partial charge < -0.3 is 4.74 Å². The van der Waals surface area contributed by atoms with Crippen LogP contribution in [0.5, 0.6) is 0 Å². The van der Waals surface area contributed by atoms with Crippen LogP contribution in [-0.2, 0) is 20.5 Å². The quantitative estimate of drug-likeness (QED) is 0.710. The third kappa shape index (κ3) is 3.20. The van der Waals surface area contributed by atoms with Gasteiger partial charge in [-0.05, 0) is 37.6 Å². The maximum absolute atomic E-state index is 11.6. The summed E-state index contributed by atoms with van der Waals surface area (Å²) in [6.45, 7) is 3.51. The Morgan fingerprint density at radius 2 is 1.80 bits per heavy atom. The lowest BCUT2D eigenvalue weighted by atomic mass is 9.91. The van der Waals surface area contributed by atoms with Crippen LogP contribution in [0.15, 0.2) is 35.2 Å². The minimum Gasteiger partial charge on any atom is -0.438 e. The molecule has 1 amide bonds. The smallest absolute Gasteiger partial charge is 0.412 e. The SMILES string of the molecule is CC1(C)OC(=O)Nc2ccc(-c3ccc(S(=O)(=O)O)c(Cl)c3Cl)cc21. The molecule has 0 spiro atoms. The van der Waals surface area contributed by atoms with E-state index in [9.17, 15) is 17.8 Å². The van der Waals surface area contributed by atoms with Crippen molar-refractivity contribution in [1.29, 1.82) is 0 Å². The van der Waals surface area contributed by atoms with E-state index < -0.39 is 26.7 Å². The normalized spacial score (nSPS) is 16.0. The molecular formula is C16H13Cl2NO5S. The van der Waals surface area contributed by atoms with Crippen molar-refractivity contribution in [3.63, 3.8) is 0 Å². The highest BCUT2D eigenvalue weighted by Gasteiger charge is 2.33. The Balaban J connectivity index is 2.16. The molecule has 0 saturated heterocycles. The first-order valence-corrected chi connectivity index (χ1v) is 9.31. The lowest BCUT2D eigenvalue weighted by Gasteiger charge is -2.32. The molecule has 1 heterocycles. The zero-order valence-corrected chi connectivity index (χ0v) is 15.5. The van der Waals surface area contributed by atoms with Gasteiger partial charge in [-0.2, -0.15) is 8.42 Å². The molecule has 0 unspecified atom stereocenters. The predicted octanol–water partition coefficient (Wildman–Crippen LogP) is 4.70. The number of nitrogens with one attached hydrogen (secondary N) is 1. The summed E-state index contributed by atoms with van der Waals surface area (Å²) in [6.07, 6.45) is -0.538. The highest BCUT2D eigenvalue weighted by molar-refractivity contribution is 7.86. The van der Waals surface area contributed by atoms with Crippen LogP contribution in [0.4, 0.5) is 10.5 Å². The molecule has 1 aliphatic heterocycles. The number of anilines is 1. The number of cyclic esters (lactones) is 1. The second-order valence-electron chi connectivity index (χ2n) is 6.00. The fourth-order valence-electron chi connectivity index (χ4n) is 2.70. The number of benzene rings is 2. The zero-order chi connectivity index (χ0) is 18.6. The third-order valence-corrected chi connectivity index (χ3v) is 5.78. The van der Waals surface area contributed by atoms with Crippen molar-refractivity contribution in [3.05, 3.63) is 45.9 Å². The number of carbonyl (C=O) groups excluding carboxylic acids is 1. The number of amides is 1. The van der Waals surface area contributed by atoms with Crippen LogP contribution in [0.25, 0.3) is 11.1 Å². The van der Waals surface area contributed by atoms with Crippen molar-refractivity contribution < 1.29 is 22.5 Å². The van der Waals surface area contributed by atoms with E-state index in [0.29, 0.717) is 16.8 Å². The molecular weight excluding hydrogens is 389 g/mol. The number of carbonyl (C=O) groups is 1. The number of halogens is 2. The second-order valence-corrected chi connectivity index (χ2v) is 8.15. The van der Waals surface area contributed by atoms with Gasteiger partial charge in [-0.15, -0.1) is 0 Å². The van der Waals surface area contributed by atoms with Crippen LogP contribution >= 0.6 is 23.2 Å². The Labute approximate surface area is 154 Å².